The van der Waals surface area contributed by atoms with Gasteiger partial charge in [-0.3, -0.25) is 19.4 Å². The van der Waals surface area contributed by atoms with E-state index in [4.69, 9.17) is 10.8 Å². The Kier molecular flexibility index (Phi) is 6.87. The Balaban J connectivity index is 0.000000286. The van der Waals surface area contributed by atoms with Crippen molar-refractivity contribution in [3.05, 3.63) is 94.8 Å². The fourth-order valence-electron chi connectivity index (χ4n) is 3.10. The highest BCUT2D eigenvalue weighted by Gasteiger charge is 2.30. The van der Waals surface area contributed by atoms with E-state index in [0.29, 0.717) is 11.1 Å². The lowest BCUT2D eigenvalue weighted by molar-refractivity contribution is -0.118. The van der Waals surface area contributed by atoms with E-state index in [0.717, 1.165) is 12.1 Å². The maximum Gasteiger partial charge on any atom is 0.335 e. The molecule has 0 radical (unpaired) electrons. The minimum Gasteiger partial charge on any atom is -0.478 e. The van der Waals surface area contributed by atoms with Crippen molar-refractivity contribution in [1.29, 1.82) is 0 Å². The third-order valence-corrected chi connectivity index (χ3v) is 4.74. The normalized spacial score (nSPS) is 12.5. The van der Waals surface area contributed by atoms with Gasteiger partial charge in [0.25, 0.3) is 0 Å². The number of benzene rings is 2. The van der Waals surface area contributed by atoms with Crippen molar-refractivity contribution in [2.75, 3.05) is 4.90 Å². The monoisotopic (exact) mass is 453 g/mol. The summed E-state index contributed by atoms with van der Waals surface area (Å²) in [6.07, 6.45) is 2.65. The van der Waals surface area contributed by atoms with Gasteiger partial charge in [0.2, 0.25) is 11.8 Å². The van der Waals surface area contributed by atoms with Crippen molar-refractivity contribution < 1.29 is 33.1 Å². The lowest BCUT2D eigenvalue weighted by atomic mass is 9.97. The summed E-state index contributed by atoms with van der Waals surface area (Å²) >= 11 is 0. The molecule has 8 nitrogen and oxygen atoms in total. The molecule has 0 unspecified atom stereocenters. The van der Waals surface area contributed by atoms with Crippen LogP contribution in [0.15, 0.2) is 60.9 Å². The van der Waals surface area contributed by atoms with Crippen molar-refractivity contribution in [3.63, 3.8) is 0 Å². The standard InChI is InChI=1S/C17H11F2NO4.C6H6N2O/c18-12-3-1-9(5-13(12)19)8-20-14-4-2-10(17(23)24)6-11(14)15(21)7-16(20)22;7-6(9)5-1-3-8-4-2-5/h1-6H,7-8H2,(H,23,24);1-4H,(H2,7,9). The molecule has 0 saturated carbocycles. The first-order valence-corrected chi connectivity index (χ1v) is 9.52. The zero-order chi connectivity index (χ0) is 24.1. The third-order valence-electron chi connectivity index (χ3n) is 4.74. The molecule has 33 heavy (non-hydrogen) atoms. The average molecular weight is 453 g/mol. The number of nitrogens with two attached hydrogens (primary N) is 1. The van der Waals surface area contributed by atoms with E-state index in [-0.39, 0.29) is 23.4 Å². The molecule has 0 bridgehead atoms. The van der Waals surface area contributed by atoms with Gasteiger partial charge in [0.15, 0.2) is 17.4 Å². The van der Waals surface area contributed by atoms with Crippen LogP contribution in [0.5, 0.6) is 0 Å². The molecule has 3 aromatic rings. The molecule has 2 amide bonds. The van der Waals surface area contributed by atoms with Crippen molar-refractivity contribution >= 4 is 29.3 Å². The fraction of sp³-hybridized carbons (Fsp3) is 0.0870. The summed E-state index contributed by atoms with van der Waals surface area (Å²) in [6, 6.07) is 10.3. The number of carboxylic acids is 1. The smallest absolute Gasteiger partial charge is 0.335 e. The van der Waals surface area contributed by atoms with Crippen LogP contribution in [0.2, 0.25) is 0 Å². The van der Waals surface area contributed by atoms with E-state index in [1.807, 2.05) is 0 Å². The number of rotatable bonds is 4. The SMILES string of the molecule is NC(=O)c1ccncc1.O=C(O)c1ccc2c(c1)C(=O)CC(=O)N2Cc1ccc(F)c(F)c1. The second-order valence-corrected chi connectivity index (χ2v) is 6.97. The van der Waals surface area contributed by atoms with Crippen molar-refractivity contribution in [2.45, 2.75) is 13.0 Å². The minimum atomic E-state index is -1.19. The van der Waals surface area contributed by atoms with Crippen LogP contribution in [-0.2, 0) is 11.3 Å². The maximum atomic E-state index is 13.3. The lowest BCUT2D eigenvalue weighted by Gasteiger charge is -2.29. The van der Waals surface area contributed by atoms with Gasteiger partial charge < -0.3 is 15.7 Å². The molecule has 0 atom stereocenters. The fourth-order valence-corrected chi connectivity index (χ4v) is 3.10. The molecule has 0 spiro atoms. The summed E-state index contributed by atoms with van der Waals surface area (Å²) < 4.78 is 26.3. The summed E-state index contributed by atoms with van der Waals surface area (Å²) in [5, 5.41) is 9.01. The quantitative estimate of drug-likeness (QED) is 0.584. The van der Waals surface area contributed by atoms with Crippen LogP contribution in [0.3, 0.4) is 0 Å². The van der Waals surface area contributed by atoms with Crippen LogP contribution in [0.4, 0.5) is 14.5 Å². The molecular formula is C23H17F2N3O5. The summed E-state index contributed by atoms with van der Waals surface area (Å²) in [5.74, 6) is -4.59. The number of Topliss-reactive ketones (excluding diaryl/α,β-unsaturated/α-hetero) is 1. The number of carbonyl (C=O) groups is 4. The minimum absolute atomic E-state index is 0.0528. The molecule has 10 heteroatoms. The van der Waals surface area contributed by atoms with Gasteiger partial charge in [-0.2, -0.15) is 0 Å². The predicted molar refractivity (Wildman–Crippen MR) is 113 cm³/mol. The van der Waals surface area contributed by atoms with Crippen LogP contribution in [0.25, 0.3) is 0 Å². The van der Waals surface area contributed by atoms with Crippen molar-refractivity contribution in [1.82, 2.24) is 4.98 Å². The number of primary amides is 1. The number of hydrogen-bond acceptors (Lipinski definition) is 5. The Bertz CT molecular complexity index is 1250. The Morgan fingerprint density at radius 3 is 2.24 bits per heavy atom. The molecule has 4 rings (SSSR count). The highest BCUT2D eigenvalue weighted by atomic mass is 19.2. The number of fused-ring (bicyclic) bond motifs is 1. The molecule has 0 aliphatic carbocycles. The second-order valence-electron chi connectivity index (χ2n) is 6.97. The first-order chi connectivity index (χ1) is 15.7. The van der Waals surface area contributed by atoms with Gasteiger partial charge in [0, 0.05) is 23.5 Å². The van der Waals surface area contributed by atoms with E-state index in [2.05, 4.69) is 4.98 Å². The number of halogens is 2. The Labute approximate surface area is 186 Å². The lowest BCUT2D eigenvalue weighted by Crippen LogP contribution is -2.37. The second kappa shape index (κ2) is 9.77. The molecule has 1 aromatic heterocycles. The number of nitrogens with zero attached hydrogens (tertiary/aromatic N) is 2. The Morgan fingerprint density at radius 2 is 1.67 bits per heavy atom. The van der Waals surface area contributed by atoms with Gasteiger partial charge in [-0.05, 0) is 48.0 Å². The number of pyridine rings is 1. The summed E-state index contributed by atoms with van der Waals surface area (Å²) in [6.45, 7) is -0.0528. The zero-order valence-corrected chi connectivity index (χ0v) is 17.0. The van der Waals surface area contributed by atoms with Gasteiger partial charge in [-0.15, -0.1) is 0 Å². The largest absolute Gasteiger partial charge is 0.478 e. The van der Waals surface area contributed by atoms with Crippen LogP contribution >= 0.6 is 0 Å². The van der Waals surface area contributed by atoms with E-state index in [1.165, 1.54) is 41.6 Å². The number of ketones is 1. The highest BCUT2D eigenvalue weighted by Crippen LogP contribution is 2.30. The van der Waals surface area contributed by atoms with Crippen LogP contribution < -0.4 is 10.6 Å². The number of carbonyl (C=O) groups excluding carboxylic acids is 3. The molecular weight excluding hydrogens is 436 g/mol. The van der Waals surface area contributed by atoms with Crippen molar-refractivity contribution in [3.8, 4) is 0 Å². The number of aromatic carboxylic acids is 1. The summed E-state index contributed by atoms with van der Waals surface area (Å²) in [5.41, 5.74) is 6.10. The molecule has 1 aliphatic heterocycles. The summed E-state index contributed by atoms with van der Waals surface area (Å²) in [7, 11) is 0. The van der Waals surface area contributed by atoms with E-state index < -0.39 is 41.6 Å². The first kappa shape index (κ1) is 23.2. The Morgan fingerprint density at radius 1 is 0.970 bits per heavy atom. The van der Waals surface area contributed by atoms with Gasteiger partial charge in [-0.1, -0.05) is 6.07 Å². The van der Waals surface area contributed by atoms with Crippen LogP contribution in [-0.4, -0.2) is 33.7 Å². The first-order valence-electron chi connectivity index (χ1n) is 9.52. The molecule has 1 aliphatic rings. The topological polar surface area (TPSA) is 131 Å². The highest BCUT2D eigenvalue weighted by molar-refractivity contribution is 6.20. The number of carboxylic acid groups (broad SMARTS) is 1. The van der Waals surface area contributed by atoms with E-state index in [1.54, 1.807) is 12.1 Å². The number of amides is 2. The Hall–Kier alpha value is -4.47. The number of anilines is 1. The average Bonchev–Trinajstić information content (AvgIpc) is 2.79. The van der Waals surface area contributed by atoms with Gasteiger partial charge in [-0.25, -0.2) is 13.6 Å². The molecule has 3 N–H and O–H groups in total. The van der Waals surface area contributed by atoms with E-state index >= 15 is 0 Å². The molecule has 2 heterocycles. The maximum absolute atomic E-state index is 13.3. The molecule has 0 saturated heterocycles. The molecule has 2 aromatic carbocycles. The van der Waals surface area contributed by atoms with Crippen LogP contribution in [0, 0.1) is 11.6 Å². The number of hydrogen-bond donors (Lipinski definition) is 2. The van der Waals surface area contributed by atoms with Gasteiger partial charge in [0.1, 0.15) is 0 Å². The van der Waals surface area contributed by atoms with E-state index in [9.17, 15) is 28.0 Å². The molecule has 168 valence electrons. The van der Waals surface area contributed by atoms with Crippen LogP contribution in [0.1, 0.15) is 43.1 Å². The third kappa shape index (κ3) is 5.42. The number of aromatic nitrogens is 1. The zero-order valence-electron chi connectivity index (χ0n) is 17.0. The molecule has 0 fully saturated rings. The van der Waals surface area contributed by atoms with Gasteiger partial charge >= 0.3 is 5.97 Å². The predicted octanol–water partition coefficient (Wildman–Crippen LogP) is 2.96. The van der Waals surface area contributed by atoms with Crippen molar-refractivity contribution in [2.24, 2.45) is 5.73 Å². The van der Waals surface area contributed by atoms with Gasteiger partial charge in [0.05, 0.1) is 24.2 Å². The summed E-state index contributed by atoms with van der Waals surface area (Å²) in [4.78, 5) is 50.6.